The molecule has 0 aliphatic carbocycles. The van der Waals surface area contributed by atoms with Gasteiger partial charge in [0.1, 0.15) is 5.76 Å². The molecule has 0 bridgehead atoms. The Kier molecular flexibility index (Phi) is 5.66. The van der Waals surface area contributed by atoms with Crippen LogP contribution in [0.25, 0.3) is 6.08 Å². The van der Waals surface area contributed by atoms with Gasteiger partial charge in [0.2, 0.25) is 5.91 Å². The maximum absolute atomic E-state index is 12.4. The van der Waals surface area contributed by atoms with Crippen molar-refractivity contribution in [3.8, 4) is 0 Å². The van der Waals surface area contributed by atoms with Crippen LogP contribution < -0.4 is 10.6 Å². The molecule has 140 valence electrons. The molecule has 1 aromatic heterocycles. The largest absolute Gasteiger partial charge is 0.478 e. The van der Waals surface area contributed by atoms with Crippen LogP contribution in [0.15, 0.2) is 77.4 Å². The van der Waals surface area contributed by atoms with Crippen LogP contribution in [0.2, 0.25) is 0 Å². The summed E-state index contributed by atoms with van der Waals surface area (Å²) in [5.41, 5.74) is 1.40. The van der Waals surface area contributed by atoms with Crippen molar-refractivity contribution in [2.75, 3.05) is 10.6 Å². The lowest BCUT2D eigenvalue weighted by molar-refractivity contribution is -0.111. The molecule has 0 atom stereocenters. The summed E-state index contributed by atoms with van der Waals surface area (Å²) < 4.78 is 5.11. The molecule has 7 heteroatoms. The molecule has 0 aliphatic heterocycles. The average Bonchev–Trinajstić information content (AvgIpc) is 3.21. The number of carboxylic acid groups (broad SMARTS) is 1. The van der Waals surface area contributed by atoms with E-state index < -0.39 is 5.97 Å². The number of hydrogen-bond donors (Lipinski definition) is 3. The molecule has 0 unspecified atom stereocenters. The highest BCUT2D eigenvalue weighted by atomic mass is 16.4. The molecule has 3 rings (SSSR count). The third-order valence-corrected chi connectivity index (χ3v) is 3.72. The number of nitrogens with one attached hydrogen (secondary N) is 2. The molecule has 0 radical (unpaired) electrons. The first-order valence-electron chi connectivity index (χ1n) is 8.28. The standard InChI is InChI=1S/C21H16N2O5/c24-19(11-10-18-5-2-12-28-18)22-17-4-1-3-15(13-17)20(25)23-16-8-6-14(7-9-16)21(26)27/h1-13H,(H,22,24)(H,23,25)(H,26,27)/b11-10+. The minimum Gasteiger partial charge on any atom is -0.478 e. The number of benzene rings is 2. The molecule has 1 heterocycles. The molecule has 0 aliphatic rings. The lowest BCUT2D eigenvalue weighted by Crippen LogP contribution is -2.13. The SMILES string of the molecule is O=C(/C=C/c1ccco1)Nc1cccc(C(=O)Nc2ccc(C(=O)O)cc2)c1. The van der Waals surface area contributed by atoms with Gasteiger partial charge in [-0.3, -0.25) is 9.59 Å². The molecular weight excluding hydrogens is 360 g/mol. The Morgan fingerprint density at radius 1 is 0.857 bits per heavy atom. The predicted molar refractivity (Wildman–Crippen MR) is 104 cm³/mol. The molecule has 0 fully saturated rings. The van der Waals surface area contributed by atoms with Gasteiger partial charge in [-0.1, -0.05) is 6.07 Å². The van der Waals surface area contributed by atoms with Crippen LogP contribution >= 0.6 is 0 Å². The van der Waals surface area contributed by atoms with Gasteiger partial charge < -0.3 is 20.2 Å². The lowest BCUT2D eigenvalue weighted by atomic mass is 10.1. The Morgan fingerprint density at radius 2 is 1.64 bits per heavy atom. The summed E-state index contributed by atoms with van der Waals surface area (Å²) >= 11 is 0. The number of furan rings is 1. The van der Waals surface area contributed by atoms with Crippen molar-refractivity contribution in [2.45, 2.75) is 0 Å². The van der Waals surface area contributed by atoms with Gasteiger partial charge in [0.15, 0.2) is 0 Å². The lowest BCUT2D eigenvalue weighted by Gasteiger charge is -2.08. The first kappa shape index (κ1) is 18.7. The molecule has 2 amide bonds. The Morgan fingerprint density at radius 3 is 2.32 bits per heavy atom. The van der Waals surface area contributed by atoms with Crippen molar-refractivity contribution in [3.05, 3.63) is 89.9 Å². The summed E-state index contributed by atoms with van der Waals surface area (Å²) in [4.78, 5) is 35.2. The van der Waals surface area contributed by atoms with Gasteiger partial charge in [-0.05, 0) is 60.7 Å². The Hall–Kier alpha value is -4.13. The van der Waals surface area contributed by atoms with Crippen LogP contribution in [0.3, 0.4) is 0 Å². The fraction of sp³-hybridized carbons (Fsp3) is 0. The van der Waals surface area contributed by atoms with E-state index in [2.05, 4.69) is 10.6 Å². The number of carbonyl (C=O) groups excluding carboxylic acids is 2. The van der Waals surface area contributed by atoms with E-state index in [1.807, 2.05) is 0 Å². The third kappa shape index (κ3) is 4.95. The van der Waals surface area contributed by atoms with Crippen molar-refractivity contribution in [1.82, 2.24) is 0 Å². The summed E-state index contributed by atoms with van der Waals surface area (Å²) in [5.74, 6) is -1.23. The number of hydrogen-bond acceptors (Lipinski definition) is 4. The summed E-state index contributed by atoms with van der Waals surface area (Å²) in [6.07, 6.45) is 4.37. The zero-order valence-electron chi connectivity index (χ0n) is 14.6. The van der Waals surface area contributed by atoms with Crippen LogP contribution in [0.4, 0.5) is 11.4 Å². The van der Waals surface area contributed by atoms with Gasteiger partial charge in [-0.2, -0.15) is 0 Å². The van der Waals surface area contributed by atoms with Gasteiger partial charge in [0.25, 0.3) is 5.91 Å². The topological polar surface area (TPSA) is 109 Å². The van der Waals surface area contributed by atoms with Crippen molar-refractivity contribution in [1.29, 1.82) is 0 Å². The number of anilines is 2. The van der Waals surface area contributed by atoms with Crippen LogP contribution in [0, 0.1) is 0 Å². The molecule has 2 aromatic carbocycles. The van der Waals surface area contributed by atoms with Crippen molar-refractivity contribution in [2.24, 2.45) is 0 Å². The Bertz CT molecular complexity index is 1020. The van der Waals surface area contributed by atoms with Crippen LogP contribution in [-0.2, 0) is 4.79 Å². The van der Waals surface area contributed by atoms with Gasteiger partial charge in [0.05, 0.1) is 11.8 Å². The van der Waals surface area contributed by atoms with E-state index in [-0.39, 0.29) is 17.4 Å². The van der Waals surface area contributed by atoms with E-state index >= 15 is 0 Å². The van der Waals surface area contributed by atoms with E-state index in [9.17, 15) is 14.4 Å². The Balaban J connectivity index is 1.64. The summed E-state index contributed by atoms with van der Waals surface area (Å²) in [5, 5.41) is 14.2. The third-order valence-electron chi connectivity index (χ3n) is 3.72. The fourth-order valence-corrected chi connectivity index (χ4v) is 2.37. The molecule has 28 heavy (non-hydrogen) atoms. The molecule has 0 saturated carbocycles. The number of amides is 2. The van der Waals surface area contributed by atoms with Crippen molar-refractivity contribution < 1.29 is 23.9 Å². The van der Waals surface area contributed by atoms with E-state index in [0.29, 0.717) is 22.7 Å². The van der Waals surface area contributed by atoms with Crippen LogP contribution in [0.1, 0.15) is 26.5 Å². The number of carbonyl (C=O) groups is 3. The second-order valence-electron chi connectivity index (χ2n) is 5.76. The highest BCUT2D eigenvalue weighted by Crippen LogP contribution is 2.15. The van der Waals surface area contributed by atoms with Crippen molar-refractivity contribution >= 4 is 35.2 Å². The molecule has 3 N–H and O–H groups in total. The van der Waals surface area contributed by atoms with Gasteiger partial charge in [-0.15, -0.1) is 0 Å². The maximum atomic E-state index is 12.4. The van der Waals surface area contributed by atoms with Gasteiger partial charge in [-0.25, -0.2) is 4.79 Å². The molecule has 0 spiro atoms. The van der Waals surface area contributed by atoms with Gasteiger partial charge in [0, 0.05) is 23.0 Å². The minimum absolute atomic E-state index is 0.130. The number of aromatic carboxylic acids is 1. The molecule has 0 saturated heterocycles. The normalized spacial score (nSPS) is 10.6. The van der Waals surface area contributed by atoms with Gasteiger partial charge >= 0.3 is 5.97 Å². The second-order valence-corrected chi connectivity index (χ2v) is 5.76. The molecule has 3 aromatic rings. The number of rotatable bonds is 6. The maximum Gasteiger partial charge on any atom is 0.335 e. The van der Waals surface area contributed by atoms with Crippen molar-refractivity contribution in [3.63, 3.8) is 0 Å². The monoisotopic (exact) mass is 376 g/mol. The summed E-state index contributed by atoms with van der Waals surface area (Å²) in [6.45, 7) is 0. The van der Waals surface area contributed by atoms with Crippen LogP contribution in [-0.4, -0.2) is 22.9 Å². The smallest absolute Gasteiger partial charge is 0.335 e. The summed E-state index contributed by atoms with van der Waals surface area (Å²) in [7, 11) is 0. The zero-order chi connectivity index (χ0) is 19.9. The van der Waals surface area contributed by atoms with E-state index in [1.165, 1.54) is 42.7 Å². The quantitative estimate of drug-likeness (QED) is 0.566. The molecule has 7 nitrogen and oxygen atoms in total. The minimum atomic E-state index is -1.04. The van der Waals surface area contributed by atoms with Crippen LogP contribution in [0.5, 0.6) is 0 Å². The highest BCUT2D eigenvalue weighted by Gasteiger charge is 2.09. The fourth-order valence-electron chi connectivity index (χ4n) is 2.37. The first-order valence-corrected chi connectivity index (χ1v) is 8.28. The van der Waals surface area contributed by atoms with E-state index in [4.69, 9.17) is 9.52 Å². The molecular formula is C21H16N2O5. The summed E-state index contributed by atoms with van der Waals surface area (Å²) in [6, 6.07) is 15.7. The zero-order valence-corrected chi connectivity index (χ0v) is 14.6. The number of carboxylic acids is 1. The predicted octanol–water partition coefficient (Wildman–Crippen LogP) is 3.88. The second kappa shape index (κ2) is 8.50. The van der Waals surface area contributed by atoms with E-state index in [0.717, 1.165) is 0 Å². The average molecular weight is 376 g/mol. The highest BCUT2D eigenvalue weighted by molar-refractivity contribution is 6.06. The Labute approximate surface area is 160 Å². The first-order chi connectivity index (χ1) is 13.5. The van der Waals surface area contributed by atoms with E-state index in [1.54, 1.807) is 36.4 Å².